The fraction of sp³-hybridized carbons (Fsp3) is 0.867. The molecule has 0 bridgehead atoms. The first kappa shape index (κ1) is 21.0. The average Bonchev–Trinajstić information content (AvgIpc) is 3.00. The van der Waals surface area contributed by atoms with Gasteiger partial charge in [-0.2, -0.15) is 0 Å². The first-order chi connectivity index (χ1) is 11.5. The number of carbonyl (C=O) groups excluding carboxylic acids is 2. The molecule has 0 aromatic carbocycles. The lowest BCUT2D eigenvalue weighted by Crippen LogP contribution is -2.43. The van der Waals surface area contributed by atoms with Crippen molar-refractivity contribution in [3.05, 3.63) is 0 Å². The van der Waals surface area contributed by atoms with E-state index in [0.29, 0.717) is 32.0 Å². The van der Waals surface area contributed by atoms with Gasteiger partial charge < -0.3 is 27.7 Å². The molecule has 0 saturated carbocycles. The molecule has 0 N–H and O–H groups in total. The van der Waals surface area contributed by atoms with Gasteiger partial charge >= 0.3 is 14.8 Å². The van der Waals surface area contributed by atoms with Crippen molar-refractivity contribution < 1.29 is 32.3 Å². The van der Waals surface area contributed by atoms with Crippen LogP contribution in [0.1, 0.15) is 26.2 Å². The maximum absolute atomic E-state index is 12.1. The van der Waals surface area contributed by atoms with E-state index in [2.05, 4.69) is 0 Å². The molecule has 24 heavy (non-hydrogen) atoms. The van der Waals surface area contributed by atoms with Crippen molar-refractivity contribution in [1.82, 2.24) is 4.90 Å². The minimum Gasteiger partial charge on any atom is -0.469 e. The summed E-state index contributed by atoms with van der Waals surface area (Å²) in [7, 11) is 3.46. The van der Waals surface area contributed by atoms with Crippen molar-refractivity contribution in [1.29, 1.82) is 0 Å². The fourth-order valence-electron chi connectivity index (χ4n) is 2.83. The first-order valence-corrected chi connectivity index (χ1v) is 10.0. The number of hydrogen-bond acceptors (Lipinski definition) is 7. The van der Waals surface area contributed by atoms with Crippen molar-refractivity contribution in [2.24, 2.45) is 5.92 Å². The van der Waals surface area contributed by atoms with Gasteiger partial charge in [0.1, 0.15) is 6.23 Å². The van der Waals surface area contributed by atoms with Crippen LogP contribution in [0.2, 0.25) is 6.04 Å². The van der Waals surface area contributed by atoms with E-state index < -0.39 is 14.7 Å². The van der Waals surface area contributed by atoms with E-state index in [1.54, 1.807) is 26.2 Å². The van der Waals surface area contributed by atoms with Crippen LogP contribution in [-0.2, 0) is 32.3 Å². The third-order valence-electron chi connectivity index (χ3n) is 4.26. The topological polar surface area (TPSA) is 83.5 Å². The second kappa shape index (κ2) is 10.1. The Balaban J connectivity index is 2.48. The Bertz CT molecular complexity index is 408. The molecule has 0 aromatic heterocycles. The number of hydrogen-bond donors (Lipinski definition) is 0. The van der Waals surface area contributed by atoms with E-state index in [4.69, 9.17) is 22.8 Å². The zero-order valence-electron chi connectivity index (χ0n) is 15.2. The van der Waals surface area contributed by atoms with Crippen LogP contribution < -0.4 is 0 Å². The van der Waals surface area contributed by atoms with Crippen LogP contribution in [0, 0.1) is 5.92 Å². The largest absolute Gasteiger partial charge is 0.500 e. The molecule has 0 aliphatic carbocycles. The Morgan fingerprint density at radius 1 is 1.25 bits per heavy atom. The standard InChI is InChI=1S/C15H29NO7Si/c1-6-14(16-11-12(10-13(16)17)15(18)19-2)23-8-7-9-24(20-3,21-4)22-5/h12,14H,6-11H2,1-5H3. The van der Waals surface area contributed by atoms with Crippen LogP contribution >= 0.6 is 0 Å². The molecule has 2 atom stereocenters. The van der Waals surface area contributed by atoms with Gasteiger partial charge in [-0.15, -0.1) is 0 Å². The van der Waals surface area contributed by atoms with Crippen LogP contribution in [0.3, 0.4) is 0 Å². The molecule has 1 saturated heterocycles. The fourth-order valence-corrected chi connectivity index (χ4v) is 4.52. The maximum Gasteiger partial charge on any atom is 0.500 e. The van der Waals surface area contributed by atoms with Crippen molar-refractivity contribution in [3.8, 4) is 0 Å². The van der Waals surface area contributed by atoms with Gasteiger partial charge in [-0.05, 0) is 12.8 Å². The van der Waals surface area contributed by atoms with Crippen molar-refractivity contribution in [3.63, 3.8) is 0 Å². The van der Waals surface area contributed by atoms with Crippen molar-refractivity contribution in [2.75, 3.05) is 41.6 Å². The highest BCUT2D eigenvalue weighted by Crippen LogP contribution is 2.23. The van der Waals surface area contributed by atoms with Gasteiger partial charge in [0.2, 0.25) is 5.91 Å². The number of rotatable bonds is 11. The molecule has 1 fully saturated rings. The Kier molecular flexibility index (Phi) is 8.85. The summed E-state index contributed by atoms with van der Waals surface area (Å²) in [5, 5.41) is 0. The van der Waals surface area contributed by atoms with Gasteiger partial charge in [-0.3, -0.25) is 9.59 Å². The third-order valence-corrected chi connectivity index (χ3v) is 7.09. The van der Waals surface area contributed by atoms with Crippen molar-refractivity contribution in [2.45, 2.75) is 38.5 Å². The number of ether oxygens (including phenoxy) is 2. The van der Waals surface area contributed by atoms with Crippen molar-refractivity contribution >= 4 is 20.7 Å². The molecule has 1 aliphatic rings. The lowest BCUT2D eigenvalue weighted by molar-refractivity contribution is -0.145. The van der Waals surface area contributed by atoms with E-state index in [1.165, 1.54) is 7.11 Å². The summed E-state index contributed by atoms with van der Waals surface area (Å²) in [5.41, 5.74) is 0. The lowest BCUT2D eigenvalue weighted by Gasteiger charge is -2.28. The SMILES string of the molecule is CCC(OCCC[Si](OC)(OC)OC)N1CC(C(=O)OC)CC1=O. The average molecular weight is 363 g/mol. The van der Waals surface area contributed by atoms with Gasteiger partial charge in [-0.25, -0.2) is 0 Å². The molecule has 8 nitrogen and oxygen atoms in total. The smallest absolute Gasteiger partial charge is 0.469 e. The summed E-state index contributed by atoms with van der Waals surface area (Å²) < 4.78 is 26.7. The van der Waals surface area contributed by atoms with Gasteiger partial charge in [0, 0.05) is 46.9 Å². The van der Waals surface area contributed by atoms with E-state index in [-0.39, 0.29) is 24.5 Å². The molecule has 0 aromatic rings. The Hall–Kier alpha value is -1.00. The summed E-state index contributed by atoms with van der Waals surface area (Å²) in [6.45, 7) is 2.74. The highest BCUT2D eigenvalue weighted by molar-refractivity contribution is 6.60. The molecule has 1 amide bonds. The summed E-state index contributed by atoms with van der Waals surface area (Å²) in [6.07, 6.45) is 1.19. The Labute approximate surface area is 144 Å². The predicted octanol–water partition coefficient (Wildman–Crippen LogP) is 1.03. The van der Waals surface area contributed by atoms with Crippen LogP contribution in [0.5, 0.6) is 0 Å². The van der Waals surface area contributed by atoms with Gasteiger partial charge in [0.05, 0.1) is 13.0 Å². The number of methoxy groups -OCH3 is 1. The predicted molar refractivity (Wildman–Crippen MR) is 88.1 cm³/mol. The second-order valence-corrected chi connectivity index (χ2v) is 8.69. The number of amides is 1. The summed E-state index contributed by atoms with van der Waals surface area (Å²) in [6, 6.07) is 0.631. The molecule has 1 heterocycles. The molecule has 9 heteroatoms. The zero-order valence-corrected chi connectivity index (χ0v) is 16.2. The first-order valence-electron chi connectivity index (χ1n) is 8.11. The minimum atomic E-state index is -2.60. The Morgan fingerprint density at radius 2 is 1.88 bits per heavy atom. The highest BCUT2D eigenvalue weighted by Gasteiger charge is 2.39. The summed E-state index contributed by atoms with van der Waals surface area (Å²) >= 11 is 0. The highest BCUT2D eigenvalue weighted by atomic mass is 28.4. The monoisotopic (exact) mass is 363 g/mol. The lowest BCUT2D eigenvalue weighted by atomic mass is 10.1. The number of nitrogens with zero attached hydrogens (tertiary/aromatic N) is 1. The summed E-state index contributed by atoms with van der Waals surface area (Å²) in [5.74, 6) is -0.834. The second-order valence-electron chi connectivity index (χ2n) is 5.60. The van der Waals surface area contributed by atoms with Crippen LogP contribution in [-0.4, -0.2) is 73.4 Å². The molecule has 0 spiro atoms. The number of likely N-dealkylation sites (tertiary alicyclic amines) is 1. The number of esters is 1. The van der Waals surface area contributed by atoms with Crippen LogP contribution in [0.4, 0.5) is 0 Å². The van der Waals surface area contributed by atoms with Gasteiger partial charge in [0.25, 0.3) is 0 Å². The molecule has 1 rings (SSSR count). The minimum absolute atomic E-state index is 0.0772. The maximum atomic E-state index is 12.1. The van der Waals surface area contributed by atoms with E-state index >= 15 is 0 Å². The van der Waals surface area contributed by atoms with Crippen LogP contribution in [0.15, 0.2) is 0 Å². The molecular formula is C15H29NO7Si. The molecule has 140 valence electrons. The van der Waals surface area contributed by atoms with Crippen LogP contribution in [0.25, 0.3) is 0 Å². The molecular weight excluding hydrogens is 334 g/mol. The number of carbonyl (C=O) groups is 2. The van der Waals surface area contributed by atoms with Gasteiger partial charge in [-0.1, -0.05) is 6.92 Å². The quantitative estimate of drug-likeness (QED) is 0.308. The molecule has 1 aliphatic heterocycles. The Morgan fingerprint density at radius 3 is 2.38 bits per heavy atom. The van der Waals surface area contributed by atoms with E-state index in [0.717, 1.165) is 0 Å². The van der Waals surface area contributed by atoms with Gasteiger partial charge in [0.15, 0.2) is 0 Å². The van der Waals surface area contributed by atoms with E-state index in [9.17, 15) is 9.59 Å². The normalized spacial score (nSPS) is 19.6. The zero-order chi connectivity index (χ0) is 18.2. The molecule has 2 unspecified atom stereocenters. The third kappa shape index (κ3) is 5.25. The van der Waals surface area contributed by atoms with E-state index in [1.807, 2.05) is 6.92 Å². The molecule has 0 radical (unpaired) electrons. The summed E-state index contributed by atoms with van der Waals surface area (Å²) in [4.78, 5) is 25.3.